The number of methoxy groups -OCH3 is 1. The summed E-state index contributed by atoms with van der Waals surface area (Å²) in [6, 6.07) is 8.70. The summed E-state index contributed by atoms with van der Waals surface area (Å²) in [5.41, 5.74) is 1.29. The Hall–Kier alpha value is -2.65. The first-order chi connectivity index (χ1) is 10.1. The highest BCUT2D eigenvalue weighted by molar-refractivity contribution is 5.93. The van der Waals surface area contributed by atoms with Gasteiger partial charge in [0.05, 0.1) is 18.2 Å². The Morgan fingerprint density at radius 3 is 2.57 bits per heavy atom. The molecular formula is C15H16N2O4. The molecule has 0 unspecified atom stereocenters. The van der Waals surface area contributed by atoms with E-state index in [0.29, 0.717) is 5.56 Å². The second-order valence-corrected chi connectivity index (χ2v) is 4.21. The molecule has 0 saturated carbocycles. The number of amides is 1. The summed E-state index contributed by atoms with van der Waals surface area (Å²) in [6.07, 6.45) is 2.88. The zero-order chi connectivity index (χ0) is 15.7. The van der Waals surface area contributed by atoms with Crippen molar-refractivity contribution in [2.24, 2.45) is 0 Å². The lowest BCUT2D eigenvalue weighted by atomic mass is 10.1. The van der Waals surface area contributed by atoms with Crippen molar-refractivity contribution in [2.75, 3.05) is 26.8 Å². The summed E-state index contributed by atoms with van der Waals surface area (Å²) in [4.78, 5) is 23.9. The van der Waals surface area contributed by atoms with E-state index in [0.717, 1.165) is 5.56 Å². The Morgan fingerprint density at radius 1 is 1.38 bits per heavy atom. The van der Waals surface area contributed by atoms with Gasteiger partial charge in [0, 0.05) is 19.7 Å². The standard InChI is InChI=1S/C15H16N2O4/c1-21-9-8-17(11-15(19)20)14(18)7-6-12-2-4-13(10-16)5-3-12/h2-7H,8-9,11H2,1H3,(H,19,20). The first kappa shape index (κ1) is 16.4. The fourth-order valence-corrected chi connectivity index (χ4v) is 1.57. The summed E-state index contributed by atoms with van der Waals surface area (Å²) in [5.74, 6) is -1.48. The fourth-order valence-electron chi connectivity index (χ4n) is 1.57. The van der Waals surface area contributed by atoms with Crippen molar-refractivity contribution in [3.05, 3.63) is 41.5 Å². The maximum absolute atomic E-state index is 11.9. The molecule has 0 atom stereocenters. The van der Waals surface area contributed by atoms with Crippen molar-refractivity contribution >= 4 is 18.0 Å². The lowest BCUT2D eigenvalue weighted by Crippen LogP contribution is -2.36. The number of nitrogens with zero attached hydrogens (tertiary/aromatic N) is 2. The molecule has 0 spiro atoms. The molecule has 1 aromatic rings. The molecule has 1 rings (SSSR count). The van der Waals surface area contributed by atoms with Gasteiger partial charge in [-0.2, -0.15) is 5.26 Å². The van der Waals surface area contributed by atoms with E-state index in [1.165, 1.54) is 18.1 Å². The molecule has 0 radical (unpaired) electrons. The Kier molecular flexibility index (Phi) is 6.65. The van der Waals surface area contributed by atoms with Crippen LogP contribution in [0, 0.1) is 11.3 Å². The van der Waals surface area contributed by atoms with E-state index in [-0.39, 0.29) is 19.7 Å². The maximum Gasteiger partial charge on any atom is 0.323 e. The molecule has 1 amide bonds. The zero-order valence-corrected chi connectivity index (χ0v) is 11.7. The topological polar surface area (TPSA) is 90.6 Å². The van der Waals surface area contributed by atoms with Gasteiger partial charge in [-0.15, -0.1) is 0 Å². The lowest BCUT2D eigenvalue weighted by Gasteiger charge is -2.18. The second kappa shape index (κ2) is 8.51. The molecule has 1 N–H and O–H groups in total. The third-order valence-electron chi connectivity index (χ3n) is 2.66. The van der Waals surface area contributed by atoms with Crippen LogP contribution in [-0.4, -0.2) is 48.7 Å². The van der Waals surface area contributed by atoms with Gasteiger partial charge < -0.3 is 14.7 Å². The molecule has 21 heavy (non-hydrogen) atoms. The minimum Gasteiger partial charge on any atom is -0.480 e. The van der Waals surface area contributed by atoms with Crippen LogP contribution in [0.5, 0.6) is 0 Å². The van der Waals surface area contributed by atoms with E-state index in [1.54, 1.807) is 30.3 Å². The lowest BCUT2D eigenvalue weighted by molar-refractivity contribution is -0.143. The largest absolute Gasteiger partial charge is 0.480 e. The third kappa shape index (κ3) is 5.89. The van der Waals surface area contributed by atoms with E-state index in [9.17, 15) is 9.59 Å². The van der Waals surface area contributed by atoms with Crippen molar-refractivity contribution in [1.82, 2.24) is 4.90 Å². The second-order valence-electron chi connectivity index (χ2n) is 4.21. The Morgan fingerprint density at radius 2 is 2.05 bits per heavy atom. The SMILES string of the molecule is COCCN(CC(=O)O)C(=O)C=Cc1ccc(C#N)cc1. The molecule has 0 fully saturated rings. The van der Waals surface area contributed by atoms with E-state index >= 15 is 0 Å². The molecule has 0 bridgehead atoms. The average molecular weight is 288 g/mol. The van der Waals surface area contributed by atoms with Gasteiger partial charge >= 0.3 is 5.97 Å². The molecule has 0 aliphatic rings. The van der Waals surface area contributed by atoms with Crippen molar-refractivity contribution in [2.45, 2.75) is 0 Å². The first-order valence-electron chi connectivity index (χ1n) is 6.24. The number of aliphatic carboxylic acids is 1. The normalized spacial score (nSPS) is 10.3. The minimum absolute atomic E-state index is 0.208. The molecule has 0 aliphatic carbocycles. The van der Waals surface area contributed by atoms with Crippen LogP contribution in [-0.2, 0) is 14.3 Å². The summed E-state index contributed by atoms with van der Waals surface area (Å²) >= 11 is 0. The first-order valence-corrected chi connectivity index (χ1v) is 6.24. The Balaban J connectivity index is 2.71. The quantitative estimate of drug-likeness (QED) is 0.759. The summed E-state index contributed by atoms with van der Waals surface area (Å²) in [6.45, 7) is 0.100. The third-order valence-corrected chi connectivity index (χ3v) is 2.66. The smallest absolute Gasteiger partial charge is 0.323 e. The number of ether oxygens (including phenoxy) is 1. The molecule has 6 heteroatoms. The van der Waals surface area contributed by atoms with Crippen LogP contribution in [0.1, 0.15) is 11.1 Å². The van der Waals surface area contributed by atoms with Gasteiger partial charge in [-0.25, -0.2) is 0 Å². The number of carboxylic acids is 1. The van der Waals surface area contributed by atoms with Gasteiger partial charge in [-0.05, 0) is 23.8 Å². The Labute approximate surface area is 122 Å². The number of nitriles is 1. The van der Waals surface area contributed by atoms with Gasteiger partial charge in [-0.3, -0.25) is 9.59 Å². The molecule has 0 heterocycles. The molecule has 1 aromatic carbocycles. The van der Waals surface area contributed by atoms with Crippen LogP contribution in [0.4, 0.5) is 0 Å². The van der Waals surface area contributed by atoms with Crippen molar-refractivity contribution in [3.8, 4) is 6.07 Å². The molecule has 0 aromatic heterocycles. The van der Waals surface area contributed by atoms with Gasteiger partial charge in [-0.1, -0.05) is 12.1 Å². The predicted molar refractivity (Wildman–Crippen MR) is 76.3 cm³/mol. The molecule has 110 valence electrons. The molecule has 0 saturated heterocycles. The molecular weight excluding hydrogens is 272 g/mol. The fraction of sp³-hybridized carbons (Fsp3) is 0.267. The van der Waals surface area contributed by atoms with Gasteiger partial charge in [0.2, 0.25) is 5.91 Å². The Bertz CT molecular complexity index is 558. The number of hydrogen-bond acceptors (Lipinski definition) is 4. The van der Waals surface area contributed by atoms with Crippen LogP contribution in [0.2, 0.25) is 0 Å². The highest BCUT2D eigenvalue weighted by Gasteiger charge is 2.13. The van der Waals surface area contributed by atoms with Gasteiger partial charge in [0.1, 0.15) is 6.54 Å². The van der Waals surface area contributed by atoms with E-state index in [1.807, 2.05) is 6.07 Å². The summed E-state index contributed by atoms with van der Waals surface area (Å²) in [5, 5.41) is 17.5. The number of rotatable bonds is 7. The number of carbonyl (C=O) groups excluding carboxylic acids is 1. The monoisotopic (exact) mass is 288 g/mol. The van der Waals surface area contributed by atoms with E-state index in [2.05, 4.69) is 0 Å². The van der Waals surface area contributed by atoms with E-state index < -0.39 is 11.9 Å². The van der Waals surface area contributed by atoms with Crippen LogP contribution < -0.4 is 0 Å². The van der Waals surface area contributed by atoms with Gasteiger partial charge in [0.15, 0.2) is 0 Å². The number of carboxylic acid groups (broad SMARTS) is 1. The van der Waals surface area contributed by atoms with Crippen molar-refractivity contribution in [1.29, 1.82) is 5.26 Å². The van der Waals surface area contributed by atoms with Crippen LogP contribution in [0.25, 0.3) is 6.08 Å². The van der Waals surface area contributed by atoms with E-state index in [4.69, 9.17) is 15.1 Å². The molecule has 0 aliphatic heterocycles. The van der Waals surface area contributed by atoms with Crippen molar-refractivity contribution < 1.29 is 19.4 Å². The zero-order valence-electron chi connectivity index (χ0n) is 11.7. The van der Waals surface area contributed by atoms with Crippen molar-refractivity contribution in [3.63, 3.8) is 0 Å². The van der Waals surface area contributed by atoms with Crippen LogP contribution >= 0.6 is 0 Å². The minimum atomic E-state index is -1.08. The van der Waals surface area contributed by atoms with Gasteiger partial charge in [0.25, 0.3) is 0 Å². The van der Waals surface area contributed by atoms with Crippen LogP contribution in [0.15, 0.2) is 30.3 Å². The predicted octanol–water partition coefficient (Wildman–Crippen LogP) is 1.13. The highest BCUT2D eigenvalue weighted by atomic mass is 16.5. The number of benzene rings is 1. The maximum atomic E-state index is 11.9. The highest BCUT2D eigenvalue weighted by Crippen LogP contribution is 2.06. The molecule has 6 nitrogen and oxygen atoms in total. The number of carbonyl (C=O) groups is 2. The average Bonchev–Trinajstić information content (AvgIpc) is 2.49. The van der Waals surface area contributed by atoms with Crippen LogP contribution in [0.3, 0.4) is 0 Å². The summed E-state index contributed by atoms with van der Waals surface area (Å²) < 4.78 is 4.85. The summed E-state index contributed by atoms with van der Waals surface area (Å²) in [7, 11) is 1.48. The number of hydrogen-bond donors (Lipinski definition) is 1.